The Bertz CT molecular complexity index is 836. The van der Waals surface area contributed by atoms with Crippen molar-refractivity contribution in [2.75, 3.05) is 33.5 Å². The number of ether oxygens (including phenoxy) is 3. The predicted octanol–water partition coefficient (Wildman–Crippen LogP) is 3.54. The average molecular weight is 536 g/mol. The fourth-order valence-electron chi connectivity index (χ4n) is 3.31. The smallest absolute Gasteiger partial charge is 0.155 e. The molecule has 0 atom stereocenters. The third kappa shape index (κ3) is 4.47. The summed E-state index contributed by atoms with van der Waals surface area (Å²) < 4.78 is 21.2. The van der Waals surface area contributed by atoms with Crippen LogP contribution >= 0.6 is 31.9 Å². The Hall–Kier alpha value is -0.780. The van der Waals surface area contributed by atoms with E-state index in [0.29, 0.717) is 32.5 Å². The molecule has 29 heavy (non-hydrogen) atoms. The lowest BCUT2D eigenvalue weighted by atomic mass is 9.97. The normalized spacial score (nSPS) is 19.5. The van der Waals surface area contributed by atoms with Crippen molar-refractivity contribution in [3.8, 4) is 0 Å². The summed E-state index contributed by atoms with van der Waals surface area (Å²) in [6.45, 7) is 10.2. The molecule has 4 rings (SSSR count). The number of rotatable bonds is 5. The summed E-state index contributed by atoms with van der Waals surface area (Å²) in [7, 11) is 1.72. The summed E-state index contributed by atoms with van der Waals surface area (Å²) in [6.07, 6.45) is 0. The monoisotopic (exact) mass is 534 g/mol. The van der Waals surface area contributed by atoms with Gasteiger partial charge in [0.05, 0.1) is 37.8 Å². The quantitative estimate of drug-likeness (QED) is 0.630. The van der Waals surface area contributed by atoms with Gasteiger partial charge in [-0.3, -0.25) is 9.36 Å². The molecule has 2 saturated heterocycles. The summed E-state index contributed by atoms with van der Waals surface area (Å²) in [5, 5.41) is 18.8. The van der Waals surface area contributed by atoms with E-state index in [9.17, 15) is 5.11 Å². The van der Waals surface area contributed by atoms with Gasteiger partial charge in [-0.2, -0.15) is 10.2 Å². The molecule has 2 fully saturated rings. The molecule has 0 aliphatic carbocycles. The Morgan fingerprint density at radius 1 is 0.931 bits per heavy atom. The van der Waals surface area contributed by atoms with Crippen molar-refractivity contribution in [2.24, 2.45) is 0 Å². The Kier molecular flexibility index (Phi) is 6.92. The maximum absolute atomic E-state index is 10.1. The van der Waals surface area contributed by atoms with Crippen LogP contribution in [-0.4, -0.2) is 58.2 Å². The summed E-state index contributed by atoms with van der Waals surface area (Å²) in [6, 6.07) is 4.41. The van der Waals surface area contributed by atoms with Crippen LogP contribution in [0.1, 0.15) is 51.2 Å². The number of halogens is 2. The molecule has 0 spiro atoms. The molecule has 2 aromatic rings. The molecule has 0 radical (unpaired) electrons. The maximum Gasteiger partial charge on any atom is 0.155 e. The highest BCUT2D eigenvalue weighted by atomic mass is 79.9. The lowest BCUT2D eigenvalue weighted by molar-refractivity contribution is -0.206. The van der Waals surface area contributed by atoms with Gasteiger partial charge in [0.2, 0.25) is 0 Å². The first kappa shape index (κ1) is 22.9. The topological polar surface area (TPSA) is 83.6 Å². The highest BCUT2D eigenvalue weighted by molar-refractivity contribution is 9.10. The largest absolute Gasteiger partial charge is 0.379 e. The second kappa shape index (κ2) is 8.76. The van der Waals surface area contributed by atoms with Crippen LogP contribution in [0.25, 0.3) is 0 Å². The molecule has 0 saturated carbocycles. The van der Waals surface area contributed by atoms with Crippen LogP contribution in [0.4, 0.5) is 0 Å². The summed E-state index contributed by atoms with van der Waals surface area (Å²) in [5.74, 6) is 0. The van der Waals surface area contributed by atoms with Gasteiger partial charge in [-0.1, -0.05) is 0 Å². The molecular weight excluding hydrogens is 508 g/mol. The molecule has 0 amide bonds. The Morgan fingerprint density at radius 2 is 1.38 bits per heavy atom. The SMILES string of the molecule is CC(C)n1nc(Br)cc1C1(O)COC1.COC1(c2cc(Br)nn2C(C)C)COC1. The van der Waals surface area contributed by atoms with E-state index in [1.54, 1.807) is 7.11 Å². The molecule has 4 heterocycles. The van der Waals surface area contributed by atoms with Crippen LogP contribution in [0.15, 0.2) is 21.3 Å². The van der Waals surface area contributed by atoms with Crippen LogP contribution < -0.4 is 0 Å². The van der Waals surface area contributed by atoms with Crippen LogP contribution in [0.3, 0.4) is 0 Å². The third-order valence-electron chi connectivity index (χ3n) is 5.08. The highest BCUT2D eigenvalue weighted by Crippen LogP contribution is 2.35. The fourth-order valence-corrected chi connectivity index (χ4v) is 4.08. The second-order valence-electron chi connectivity index (χ2n) is 8.00. The van der Waals surface area contributed by atoms with E-state index in [1.165, 1.54) is 0 Å². The molecule has 162 valence electrons. The minimum atomic E-state index is -0.844. The number of nitrogens with zero attached hydrogens (tertiary/aromatic N) is 4. The average Bonchev–Trinajstić information content (AvgIpc) is 3.17. The van der Waals surface area contributed by atoms with E-state index < -0.39 is 5.60 Å². The number of hydrogen-bond acceptors (Lipinski definition) is 6. The van der Waals surface area contributed by atoms with E-state index in [1.807, 2.05) is 35.3 Å². The molecule has 2 aliphatic rings. The van der Waals surface area contributed by atoms with Crippen molar-refractivity contribution in [1.82, 2.24) is 19.6 Å². The zero-order chi connectivity index (χ0) is 21.4. The molecule has 2 aliphatic heterocycles. The van der Waals surface area contributed by atoms with Crippen molar-refractivity contribution in [3.63, 3.8) is 0 Å². The van der Waals surface area contributed by atoms with E-state index in [2.05, 4.69) is 55.9 Å². The third-order valence-corrected chi connectivity index (χ3v) is 5.85. The summed E-state index contributed by atoms with van der Waals surface area (Å²) >= 11 is 6.71. The van der Waals surface area contributed by atoms with E-state index in [0.717, 1.165) is 20.6 Å². The van der Waals surface area contributed by atoms with E-state index in [4.69, 9.17) is 14.2 Å². The summed E-state index contributed by atoms with van der Waals surface area (Å²) in [5.41, 5.74) is 0.760. The van der Waals surface area contributed by atoms with Crippen molar-refractivity contribution >= 4 is 31.9 Å². The van der Waals surface area contributed by atoms with Gasteiger partial charge in [0.15, 0.2) is 11.2 Å². The van der Waals surface area contributed by atoms with E-state index >= 15 is 0 Å². The standard InChI is InChI=1S/C10H15BrN2O2.C9H13BrN2O2/c1-7(2)13-8(4-9(11)12-13)10(14-3)5-15-6-10;1-6(2)12-7(3-8(10)11-12)9(13)4-14-5-9/h4,7H,5-6H2,1-3H3;3,6,13H,4-5H2,1-2H3. The number of aliphatic hydroxyl groups is 1. The Labute approximate surface area is 187 Å². The molecular formula is C19H28Br2N4O4. The van der Waals surface area contributed by atoms with Gasteiger partial charge in [0.25, 0.3) is 0 Å². The van der Waals surface area contributed by atoms with Crippen LogP contribution in [0.2, 0.25) is 0 Å². The van der Waals surface area contributed by atoms with Crippen molar-refractivity contribution in [2.45, 2.75) is 51.0 Å². The second-order valence-corrected chi connectivity index (χ2v) is 9.62. The van der Waals surface area contributed by atoms with Gasteiger partial charge in [-0.15, -0.1) is 0 Å². The fraction of sp³-hybridized carbons (Fsp3) is 0.684. The van der Waals surface area contributed by atoms with Crippen molar-refractivity contribution in [1.29, 1.82) is 0 Å². The zero-order valence-electron chi connectivity index (χ0n) is 17.4. The lowest BCUT2D eigenvalue weighted by Crippen LogP contribution is -2.49. The first-order valence-corrected chi connectivity index (χ1v) is 11.1. The van der Waals surface area contributed by atoms with Crippen molar-refractivity contribution < 1.29 is 19.3 Å². The van der Waals surface area contributed by atoms with Crippen LogP contribution in [0.5, 0.6) is 0 Å². The van der Waals surface area contributed by atoms with Gasteiger partial charge < -0.3 is 19.3 Å². The first-order valence-electron chi connectivity index (χ1n) is 9.56. The Morgan fingerprint density at radius 3 is 1.72 bits per heavy atom. The number of methoxy groups -OCH3 is 1. The van der Waals surface area contributed by atoms with Crippen LogP contribution in [-0.2, 0) is 25.4 Å². The predicted molar refractivity (Wildman–Crippen MR) is 115 cm³/mol. The molecule has 1 N–H and O–H groups in total. The molecule has 0 bridgehead atoms. The highest BCUT2D eigenvalue weighted by Gasteiger charge is 2.44. The molecule has 8 nitrogen and oxygen atoms in total. The molecule has 10 heteroatoms. The number of hydrogen-bond donors (Lipinski definition) is 1. The Balaban J connectivity index is 0.000000166. The van der Waals surface area contributed by atoms with E-state index in [-0.39, 0.29) is 11.6 Å². The summed E-state index contributed by atoms with van der Waals surface area (Å²) in [4.78, 5) is 0. The van der Waals surface area contributed by atoms with Gasteiger partial charge in [-0.05, 0) is 71.7 Å². The lowest BCUT2D eigenvalue weighted by Gasteiger charge is -2.40. The molecule has 0 aromatic carbocycles. The minimum absolute atomic E-state index is 0.237. The molecule has 2 aromatic heterocycles. The van der Waals surface area contributed by atoms with Crippen molar-refractivity contribution in [3.05, 3.63) is 32.7 Å². The van der Waals surface area contributed by atoms with Gasteiger partial charge >= 0.3 is 0 Å². The minimum Gasteiger partial charge on any atom is -0.379 e. The van der Waals surface area contributed by atoms with Gasteiger partial charge in [0, 0.05) is 19.2 Å². The zero-order valence-corrected chi connectivity index (χ0v) is 20.5. The van der Waals surface area contributed by atoms with Crippen LogP contribution in [0, 0.1) is 0 Å². The molecule has 0 unspecified atom stereocenters. The first-order chi connectivity index (χ1) is 13.6. The number of aromatic nitrogens is 4. The van der Waals surface area contributed by atoms with Gasteiger partial charge in [0.1, 0.15) is 9.21 Å². The maximum atomic E-state index is 10.1. The van der Waals surface area contributed by atoms with Gasteiger partial charge in [-0.25, -0.2) is 0 Å².